The molecule has 19 atom stereocenters. The molecule has 0 amide bonds. The van der Waals surface area contributed by atoms with Gasteiger partial charge in [0.15, 0.2) is 0 Å². The van der Waals surface area contributed by atoms with Gasteiger partial charge in [-0.15, -0.1) is 0 Å². The van der Waals surface area contributed by atoms with Crippen molar-refractivity contribution in [3.8, 4) is 0 Å². The molecule has 1 aromatic carbocycles. The van der Waals surface area contributed by atoms with Gasteiger partial charge in [-0.2, -0.15) is 0 Å². The van der Waals surface area contributed by atoms with Crippen LogP contribution in [0.5, 0.6) is 0 Å². The molecular formula is C92H192. The third-order valence-electron chi connectivity index (χ3n) is 24.8. The van der Waals surface area contributed by atoms with E-state index in [1.165, 1.54) is 136 Å². The third-order valence-corrected chi connectivity index (χ3v) is 24.8. The van der Waals surface area contributed by atoms with Gasteiger partial charge in [0.25, 0.3) is 0 Å². The molecule has 0 spiro atoms. The topological polar surface area (TPSA) is 0 Å². The summed E-state index contributed by atoms with van der Waals surface area (Å²) in [5, 5.41) is 0. The Balaban J connectivity index is -0.000000102. The molecule has 0 nitrogen and oxygen atoms in total. The Morgan fingerprint density at radius 1 is 0.348 bits per heavy atom. The lowest BCUT2D eigenvalue weighted by Gasteiger charge is -2.41. The summed E-state index contributed by atoms with van der Waals surface area (Å²) in [5.74, 6) is 18.7. The van der Waals surface area contributed by atoms with E-state index in [1.54, 1.807) is 22.3 Å². The molecule has 1 aromatic rings. The highest BCUT2D eigenvalue weighted by atomic mass is 14.4. The molecule has 0 radical (unpaired) electrons. The second-order valence-electron chi connectivity index (χ2n) is 31.9. The Morgan fingerprint density at radius 2 is 0.609 bits per heavy atom. The molecule has 560 valence electrons. The lowest BCUT2D eigenvalue weighted by Crippen LogP contribution is -2.33. The Morgan fingerprint density at radius 3 is 0.826 bits per heavy atom. The van der Waals surface area contributed by atoms with Crippen molar-refractivity contribution < 1.29 is 0 Å². The van der Waals surface area contributed by atoms with Gasteiger partial charge in [0.05, 0.1) is 0 Å². The summed E-state index contributed by atoms with van der Waals surface area (Å²) in [4.78, 5) is 0. The van der Waals surface area contributed by atoms with Crippen molar-refractivity contribution in [2.24, 2.45) is 118 Å². The van der Waals surface area contributed by atoms with Gasteiger partial charge in [0.2, 0.25) is 0 Å². The Labute approximate surface area is 593 Å². The first kappa shape index (κ1) is 112. The molecule has 19 unspecified atom stereocenters. The minimum absolute atomic E-state index is 0. The van der Waals surface area contributed by atoms with Crippen molar-refractivity contribution in [1.82, 2.24) is 0 Å². The first-order valence-electron chi connectivity index (χ1n) is 37.8. The predicted molar refractivity (Wildman–Crippen MR) is 444 cm³/mol. The van der Waals surface area contributed by atoms with Gasteiger partial charge in [0, 0.05) is 0 Å². The molecule has 0 aliphatic heterocycles. The van der Waals surface area contributed by atoms with Crippen LogP contribution < -0.4 is 0 Å². The van der Waals surface area contributed by atoms with Crippen molar-refractivity contribution in [2.75, 3.05) is 0 Å². The van der Waals surface area contributed by atoms with Crippen molar-refractivity contribution in [2.45, 2.75) is 410 Å². The molecule has 0 bridgehead atoms. The van der Waals surface area contributed by atoms with E-state index in [2.05, 4.69) is 275 Å². The van der Waals surface area contributed by atoms with E-state index in [0.717, 1.165) is 118 Å². The van der Waals surface area contributed by atoms with Gasteiger partial charge in [-0.3, -0.25) is 0 Å². The number of allylic oxidation sites excluding steroid dienone is 6. The summed E-state index contributed by atoms with van der Waals surface area (Å²) >= 11 is 0. The maximum Gasteiger partial charge on any atom is -0.0262 e. The van der Waals surface area contributed by atoms with Crippen LogP contribution in [0, 0.1) is 153 Å². The molecule has 0 aromatic heterocycles. The maximum absolute atomic E-state index is 2.42. The molecule has 0 heterocycles. The molecular weight excluding hydrogens is 1110 g/mol. The van der Waals surface area contributed by atoms with Crippen LogP contribution in [0.1, 0.15) is 404 Å². The maximum atomic E-state index is 2.42. The number of rotatable bonds is 12. The van der Waals surface area contributed by atoms with Crippen molar-refractivity contribution >= 4 is 0 Å². The van der Waals surface area contributed by atoms with Crippen LogP contribution in [-0.2, 0) is 0 Å². The average Bonchev–Trinajstić information content (AvgIpc) is 1.13. The fourth-order valence-electron chi connectivity index (χ4n) is 13.0. The predicted octanol–water partition coefficient (Wildman–Crippen LogP) is 33.7. The minimum atomic E-state index is 0. The molecule has 4 aliphatic carbocycles. The third kappa shape index (κ3) is 48.2. The van der Waals surface area contributed by atoms with E-state index in [-0.39, 0.29) is 44.6 Å². The van der Waals surface area contributed by atoms with Crippen LogP contribution in [0.25, 0.3) is 0 Å². The summed E-state index contributed by atoms with van der Waals surface area (Å²) in [7, 11) is 0. The molecule has 0 N–H and O–H groups in total. The molecule has 3 saturated carbocycles. The Kier molecular flexibility index (Phi) is 75.0. The van der Waals surface area contributed by atoms with Crippen LogP contribution in [0.15, 0.2) is 40.0 Å². The number of hydrogen-bond donors (Lipinski definition) is 0. The highest BCUT2D eigenvalue weighted by Crippen LogP contribution is 2.42. The summed E-state index contributed by atoms with van der Waals surface area (Å²) in [5.41, 5.74) is 15.0. The van der Waals surface area contributed by atoms with E-state index in [1.807, 2.05) is 0 Å². The molecule has 92 heavy (non-hydrogen) atoms. The van der Waals surface area contributed by atoms with Gasteiger partial charge in [0.1, 0.15) is 0 Å². The summed E-state index contributed by atoms with van der Waals surface area (Å²) in [6, 6.07) is 2.26. The Bertz CT molecular complexity index is 1730. The highest BCUT2D eigenvalue weighted by Gasteiger charge is 2.33. The fraction of sp³-hybridized carbons (Fsp3) is 0.870. The largest absolute Gasteiger partial charge is 0.0828 e. The van der Waals surface area contributed by atoms with Crippen molar-refractivity contribution in [1.29, 1.82) is 0 Å². The number of benzene rings is 1. The van der Waals surface area contributed by atoms with Crippen LogP contribution in [0.4, 0.5) is 0 Å². The molecule has 4 aliphatic rings. The standard InChI is InChI=1S/C11H22.C11H16.2C10H20.C10H18.C9H20.C9H18.C8H18.C8H16.6CH4/c2*1-7-6-8(2)10(4)11(5)9(7)3;3*1-7-5-9(3)10(4)6-8(7)2;2*1-5-8(3)7-9(4)6-2;2*1-5-7(3)8(4)6-2;;;;;;/h7-11H,6H2,1-5H3;6H,1-5H3;2*7-10H,5-6H2,1-4H3;7-8H,5-6H2,1-4H3;8-9H,5-7H2,1-4H3;7-8H,5-6H2,1-4H3;7-8H,5-6H2,1-4H3;5-6H2,1-4H3;6*1H4/b;;;;;;9-7-;;8-7-;;;;;;. The van der Waals surface area contributed by atoms with Gasteiger partial charge >= 0.3 is 0 Å². The first-order chi connectivity index (χ1) is 39.7. The lowest BCUT2D eigenvalue weighted by molar-refractivity contribution is 0.0855. The zero-order chi connectivity index (χ0) is 68.0. The van der Waals surface area contributed by atoms with Crippen molar-refractivity contribution in [3.63, 3.8) is 0 Å². The van der Waals surface area contributed by atoms with Gasteiger partial charge in [-0.1, -0.05) is 311 Å². The Hall–Kier alpha value is -1.56. The van der Waals surface area contributed by atoms with Gasteiger partial charge < -0.3 is 0 Å². The average molecular weight is 1300 g/mol. The number of aryl methyl sites for hydroxylation is 2. The highest BCUT2D eigenvalue weighted by molar-refractivity contribution is 5.42. The summed E-state index contributed by atoms with van der Waals surface area (Å²) < 4.78 is 0. The van der Waals surface area contributed by atoms with E-state index in [0.29, 0.717) is 0 Å². The van der Waals surface area contributed by atoms with Gasteiger partial charge in [-0.05, 0) is 286 Å². The van der Waals surface area contributed by atoms with E-state index in [9.17, 15) is 0 Å². The zero-order valence-electron chi connectivity index (χ0n) is 67.0. The van der Waals surface area contributed by atoms with Crippen LogP contribution in [0.3, 0.4) is 0 Å². The van der Waals surface area contributed by atoms with E-state index < -0.39 is 0 Å². The second kappa shape index (κ2) is 61.7. The smallest absolute Gasteiger partial charge is 0.0262 e. The molecule has 5 rings (SSSR count). The summed E-state index contributed by atoms with van der Waals surface area (Å²) in [6.07, 6.45) is 23.9. The summed E-state index contributed by atoms with van der Waals surface area (Å²) in [6.45, 7) is 87.5. The van der Waals surface area contributed by atoms with Gasteiger partial charge in [-0.25, -0.2) is 0 Å². The monoisotopic (exact) mass is 1300 g/mol. The minimum Gasteiger partial charge on any atom is -0.0828 e. The molecule has 3 fully saturated rings. The van der Waals surface area contributed by atoms with Crippen LogP contribution in [0.2, 0.25) is 0 Å². The number of hydrogen-bond acceptors (Lipinski definition) is 0. The fourth-order valence-corrected chi connectivity index (χ4v) is 13.0. The van der Waals surface area contributed by atoms with E-state index >= 15 is 0 Å². The SMILES string of the molecule is C.C.C.C.C.C.CC/C(C)=C(/C)CC.CC/C(C)=C\C(C)CC.CC1=C(C)CC(C)C(C)C1.CC1CC(C)C(C)C(C)C1C.CC1CC(C)C(C)CC1C.CC1CC(C)C(C)CC1C.CCC(C)C(C)CC.CCC(C)CC(C)CC.Cc1cc(C)c(C)c(C)c1C. The first-order valence-corrected chi connectivity index (χ1v) is 37.8. The van der Waals surface area contributed by atoms with E-state index in [4.69, 9.17) is 0 Å². The molecule has 0 saturated heterocycles. The zero-order valence-corrected chi connectivity index (χ0v) is 67.0. The lowest BCUT2D eigenvalue weighted by atomic mass is 9.65. The van der Waals surface area contributed by atoms with Crippen LogP contribution in [-0.4, -0.2) is 0 Å². The van der Waals surface area contributed by atoms with Crippen LogP contribution >= 0.6 is 0 Å². The normalized spacial score (nSPS) is 28.0. The quantitative estimate of drug-likeness (QED) is 0.183. The molecule has 0 heteroatoms. The second-order valence-corrected chi connectivity index (χ2v) is 31.9. The van der Waals surface area contributed by atoms with Crippen molar-refractivity contribution in [3.05, 3.63) is 67.8 Å².